The van der Waals surface area contributed by atoms with Crippen molar-refractivity contribution in [3.63, 3.8) is 0 Å². The highest BCUT2D eigenvalue weighted by atomic mass is 35.5. The van der Waals surface area contributed by atoms with Gasteiger partial charge < -0.3 is 10.1 Å². The normalized spacial score (nSPS) is 14.4. The summed E-state index contributed by atoms with van der Waals surface area (Å²) in [4.78, 5) is 0. The number of hydrogen-bond acceptors (Lipinski definition) is 2. The zero-order valence-electron chi connectivity index (χ0n) is 11.9. The fourth-order valence-electron chi connectivity index (χ4n) is 2.21. The summed E-state index contributed by atoms with van der Waals surface area (Å²) in [6.07, 6.45) is 3.23. The quantitative estimate of drug-likeness (QED) is 0.741. The molecule has 0 aliphatic rings. The van der Waals surface area contributed by atoms with Gasteiger partial charge >= 0.3 is 0 Å². The first-order valence-electron chi connectivity index (χ1n) is 6.85. The van der Waals surface area contributed by atoms with Crippen molar-refractivity contribution in [1.82, 2.24) is 5.32 Å². The van der Waals surface area contributed by atoms with Crippen molar-refractivity contribution in [3.05, 3.63) is 33.8 Å². The van der Waals surface area contributed by atoms with Crippen molar-refractivity contribution in [2.75, 3.05) is 13.7 Å². The summed E-state index contributed by atoms with van der Waals surface area (Å²) < 4.78 is 5.63. The lowest BCUT2D eigenvalue weighted by molar-refractivity contribution is 0.0606. The van der Waals surface area contributed by atoms with Gasteiger partial charge in [-0.15, -0.1) is 0 Å². The molecule has 2 unspecified atom stereocenters. The van der Waals surface area contributed by atoms with Crippen molar-refractivity contribution in [2.24, 2.45) is 0 Å². The fourth-order valence-corrected chi connectivity index (χ4v) is 2.63. The van der Waals surface area contributed by atoms with Gasteiger partial charge in [-0.1, -0.05) is 55.6 Å². The molecule has 4 heteroatoms. The Kier molecular flexibility index (Phi) is 7.77. The first kappa shape index (κ1) is 16.8. The molecule has 0 bridgehead atoms. The Labute approximate surface area is 126 Å². The molecule has 0 radical (unpaired) electrons. The lowest BCUT2D eigenvalue weighted by Gasteiger charge is -2.28. The maximum absolute atomic E-state index is 6.34. The molecule has 1 aromatic rings. The standard InChI is InChI=1S/C15H23Cl2NO/c1-4-7-13(19-3)15(18-10-5-2)11-8-6-9-12(16)14(11)17/h6,8-9,13,15,18H,4-5,7,10H2,1-3H3. The summed E-state index contributed by atoms with van der Waals surface area (Å²) in [5, 5.41) is 4.73. The van der Waals surface area contributed by atoms with Gasteiger partial charge in [-0.25, -0.2) is 0 Å². The van der Waals surface area contributed by atoms with Crippen molar-refractivity contribution in [2.45, 2.75) is 45.3 Å². The van der Waals surface area contributed by atoms with E-state index in [-0.39, 0.29) is 12.1 Å². The number of methoxy groups -OCH3 is 1. The molecule has 0 amide bonds. The first-order chi connectivity index (χ1) is 9.15. The smallest absolute Gasteiger partial charge is 0.0766 e. The zero-order chi connectivity index (χ0) is 14.3. The second kappa shape index (κ2) is 8.80. The summed E-state index contributed by atoms with van der Waals surface area (Å²) in [6, 6.07) is 5.84. The SMILES string of the molecule is CCCNC(c1cccc(Cl)c1Cl)C(CCC)OC. The Hall–Kier alpha value is -0.280. The Balaban J connectivity index is 3.03. The minimum Gasteiger partial charge on any atom is -0.379 e. The van der Waals surface area contributed by atoms with Crippen molar-refractivity contribution in [1.29, 1.82) is 0 Å². The van der Waals surface area contributed by atoms with Gasteiger partial charge in [0.15, 0.2) is 0 Å². The molecule has 0 heterocycles. The van der Waals surface area contributed by atoms with Gasteiger partial charge in [0, 0.05) is 7.11 Å². The summed E-state index contributed by atoms with van der Waals surface area (Å²) in [7, 11) is 1.75. The monoisotopic (exact) mass is 303 g/mol. The molecule has 108 valence electrons. The summed E-state index contributed by atoms with van der Waals surface area (Å²) in [5.74, 6) is 0. The van der Waals surface area contributed by atoms with Crippen LogP contribution in [-0.2, 0) is 4.74 Å². The van der Waals surface area contributed by atoms with E-state index in [2.05, 4.69) is 19.2 Å². The first-order valence-corrected chi connectivity index (χ1v) is 7.61. The maximum Gasteiger partial charge on any atom is 0.0766 e. The van der Waals surface area contributed by atoms with Gasteiger partial charge in [0.2, 0.25) is 0 Å². The van der Waals surface area contributed by atoms with E-state index in [1.807, 2.05) is 18.2 Å². The van der Waals surface area contributed by atoms with E-state index in [4.69, 9.17) is 27.9 Å². The van der Waals surface area contributed by atoms with E-state index in [9.17, 15) is 0 Å². The molecule has 2 nitrogen and oxygen atoms in total. The van der Waals surface area contributed by atoms with Crippen molar-refractivity contribution < 1.29 is 4.74 Å². The van der Waals surface area contributed by atoms with E-state index in [0.29, 0.717) is 10.0 Å². The van der Waals surface area contributed by atoms with Crippen LogP contribution in [-0.4, -0.2) is 19.8 Å². The minimum absolute atomic E-state index is 0.0797. The highest BCUT2D eigenvalue weighted by molar-refractivity contribution is 6.42. The van der Waals surface area contributed by atoms with E-state index in [1.165, 1.54) is 0 Å². The molecule has 19 heavy (non-hydrogen) atoms. The van der Waals surface area contributed by atoms with Gasteiger partial charge in [0.1, 0.15) is 0 Å². The van der Waals surface area contributed by atoms with Gasteiger partial charge in [0.25, 0.3) is 0 Å². The predicted molar refractivity (Wildman–Crippen MR) is 83.2 cm³/mol. The summed E-state index contributed by atoms with van der Waals surface area (Å²) in [6.45, 7) is 5.23. The summed E-state index contributed by atoms with van der Waals surface area (Å²) in [5.41, 5.74) is 1.02. The third kappa shape index (κ3) is 4.64. The van der Waals surface area contributed by atoms with Crippen LogP contribution in [0.3, 0.4) is 0 Å². The van der Waals surface area contributed by atoms with Crippen LogP contribution in [0.25, 0.3) is 0 Å². The average Bonchev–Trinajstić information content (AvgIpc) is 2.42. The van der Waals surface area contributed by atoms with E-state index in [0.717, 1.165) is 31.4 Å². The molecule has 0 spiro atoms. The zero-order valence-corrected chi connectivity index (χ0v) is 13.4. The molecule has 0 fully saturated rings. The predicted octanol–water partition coefficient (Wildman–Crippen LogP) is 4.85. The molecule has 0 saturated carbocycles. The van der Waals surface area contributed by atoms with Crippen molar-refractivity contribution in [3.8, 4) is 0 Å². The molecular formula is C15H23Cl2NO. The Morgan fingerprint density at radius 2 is 1.95 bits per heavy atom. The topological polar surface area (TPSA) is 21.3 Å². The van der Waals surface area contributed by atoms with Gasteiger partial charge in [-0.05, 0) is 31.0 Å². The number of nitrogens with one attached hydrogen (secondary N) is 1. The molecule has 1 rings (SSSR count). The van der Waals surface area contributed by atoms with Crippen LogP contribution in [0.15, 0.2) is 18.2 Å². The van der Waals surface area contributed by atoms with Gasteiger partial charge in [-0.3, -0.25) is 0 Å². The molecule has 0 aromatic heterocycles. The molecular weight excluding hydrogens is 281 g/mol. The number of rotatable bonds is 8. The third-order valence-corrected chi connectivity index (χ3v) is 4.01. The number of ether oxygens (including phenoxy) is 1. The second-order valence-corrected chi connectivity index (χ2v) is 5.42. The van der Waals surface area contributed by atoms with E-state index in [1.54, 1.807) is 7.11 Å². The van der Waals surface area contributed by atoms with E-state index < -0.39 is 0 Å². The van der Waals surface area contributed by atoms with Crippen LogP contribution >= 0.6 is 23.2 Å². The molecule has 1 N–H and O–H groups in total. The molecule has 2 atom stereocenters. The number of benzene rings is 1. The lowest BCUT2D eigenvalue weighted by Crippen LogP contribution is -2.34. The fraction of sp³-hybridized carbons (Fsp3) is 0.600. The van der Waals surface area contributed by atoms with Crippen LogP contribution in [0.1, 0.15) is 44.7 Å². The maximum atomic E-state index is 6.34. The second-order valence-electron chi connectivity index (χ2n) is 4.64. The van der Waals surface area contributed by atoms with Crippen LogP contribution < -0.4 is 5.32 Å². The lowest BCUT2D eigenvalue weighted by atomic mass is 9.97. The highest BCUT2D eigenvalue weighted by Crippen LogP contribution is 2.33. The molecule has 1 aromatic carbocycles. The van der Waals surface area contributed by atoms with Crippen LogP contribution in [0.2, 0.25) is 10.0 Å². The summed E-state index contributed by atoms with van der Waals surface area (Å²) >= 11 is 12.5. The number of halogens is 2. The van der Waals surface area contributed by atoms with Crippen LogP contribution in [0, 0.1) is 0 Å². The molecule has 0 saturated heterocycles. The van der Waals surface area contributed by atoms with E-state index >= 15 is 0 Å². The average molecular weight is 304 g/mol. The number of hydrogen-bond donors (Lipinski definition) is 1. The van der Waals surface area contributed by atoms with Gasteiger partial charge in [0.05, 0.1) is 22.2 Å². The Bertz CT molecular complexity index is 384. The molecule has 0 aliphatic carbocycles. The Morgan fingerprint density at radius 1 is 1.21 bits per heavy atom. The highest BCUT2D eigenvalue weighted by Gasteiger charge is 2.24. The Morgan fingerprint density at radius 3 is 2.53 bits per heavy atom. The third-order valence-electron chi connectivity index (χ3n) is 3.18. The van der Waals surface area contributed by atoms with Crippen LogP contribution in [0.4, 0.5) is 0 Å². The van der Waals surface area contributed by atoms with Crippen molar-refractivity contribution >= 4 is 23.2 Å². The minimum atomic E-state index is 0.0797. The van der Waals surface area contributed by atoms with Gasteiger partial charge in [-0.2, -0.15) is 0 Å². The largest absolute Gasteiger partial charge is 0.379 e. The molecule has 0 aliphatic heterocycles. The van der Waals surface area contributed by atoms with Crippen LogP contribution in [0.5, 0.6) is 0 Å².